The molecule has 4 rings (SSSR count). The molecule has 1 N–H and O–H groups in total. The summed E-state index contributed by atoms with van der Waals surface area (Å²) < 4.78 is 21.9. The maximum absolute atomic E-state index is 13.0. The van der Waals surface area contributed by atoms with Gasteiger partial charge in [0.25, 0.3) is 0 Å². The number of carboxylic acid groups (broad SMARTS) is 1. The normalized spacial score (nSPS) is 30.6. The number of hydrogen-bond donors (Lipinski definition) is 1. The van der Waals surface area contributed by atoms with Crippen molar-refractivity contribution < 1.29 is 33.6 Å². The van der Waals surface area contributed by atoms with Crippen LogP contribution in [0, 0.1) is 11.8 Å². The fraction of sp³-hybridized carbons (Fsp3) is 0.474. The van der Waals surface area contributed by atoms with Crippen molar-refractivity contribution in [3.8, 4) is 17.2 Å². The average molecular weight is 375 g/mol. The van der Waals surface area contributed by atoms with Crippen molar-refractivity contribution in [3.05, 3.63) is 29.8 Å². The minimum absolute atomic E-state index is 0.206. The fourth-order valence-electron chi connectivity index (χ4n) is 4.44. The zero-order chi connectivity index (χ0) is 19.3. The number of carboxylic acids is 1. The van der Waals surface area contributed by atoms with Gasteiger partial charge in [0.05, 0.1) is 39.9 Å². The Kier molecular flexibility index (Phi) is 4.03. The van der Waals surface area contributed by atoms with E-state index in [-0.39, 0.29) is 5.91 Å². The van der Waals surface area contributed by atoms with Crippen LogP contribution in [0.25, 0.3) is 0 Å². The molecule has 0 radical (unpaired) electrons. The van der Waals surface area contributed by atoms with Crippen molar-refractivity contribution in [3.63, 3.8) is 0 Å². The highest BCUT2D eigenvalue weighted by Crippen LogP contribution is 2.52. The molecule has 2 fully saturated rings. The van der Waals surface area contributed by atoms with Crippen LogP contribution in [0.5, 0.6) is 17.2 Å². The molecule has 1 aromatic rings. The number of methoxy groups -OCH3 is 3. The molecule has 1 amide bonds. The predicted molar refractivity (Wildman–Crippen MR) is 92.9 cm³/mol. The van der Waals surface area contributed by atoms with Crippen molar-refractivity contribution in [2.45, 2.75) is 18.2 Å². The van der Waals surface area contributed by atoms with E-state index in [9.17, 15) is 14.7 Å². The minimum Gasteiger partial charge on any atom is -0.493 e. The summed E-state index contributed by atoms with van der Waals surface area (Å²) in [6, 6.07) is 3.56. The van der Waals surface area contributed by atoms with Crippen LogP contribution in [0.4, 0.5) is 0 Å². The molecule has 2 saturated heterocycles. The molecule has 8 nitrogen and oxygen atoms in total. The van der Waals surface area contributed by atoms with Crippen molar-refractivity contribution in [2.75, 3.05) is 27.9 Å². The minimum atomic E-state index is -1.00. The Morgan fingerprint density at radius 2 is 1.93 bits per heavy atom. The van der Waals surface area contributed by atoms with E-state index >= 15 is 0 Å². The smallest absolute Gasteiger partial charge is 0.310 e. The maximum atomic E-state index is 13.0. The first-order valence-electron chi connectivity index (χ1n) is 8.61. The molecule has 144 valence electrons. The quantitative estimate of drug-likeness (QED) is 0.744. The predicted octanol–water partition coefficient (Wildman–Crippen LogP) is 1.08. The molecule has 8 heteroatoms. The van der Waals surface area contributed by atoms with Gasteiger partial charge in [-0.1, -0.05) is 12.2 Å². The van der Waals surface area contributed by atoms with Gasteiger partial charge in [-0.2, -0.15) is 0 Å². The average Bonchev–Trinajstić information content (AvgIpc) is 3.29. The van der Waals surface area contributed by atoms with Gasteiger partial charge in [-0.15, -0.1) is 0 Å². The molecule has 27 heavy (non-hydrogen) atoms. The van der Waals surface area contributed by atoms with E-state index in [2.05, 4.69) is 0 Å². The Morgan fingerprint density at radius 3 is 2.48 bits per heavy atom. The number of benzene rings is 1. The third-order valence-electron chi connectivity index (χ3n) is 5.56. The number of aliphatic carboxylic acids is 1. The van der Waals surface area contributed by atoms with Crippen LogP contribution in [0.15, 0.2) is 24.3 Å². The Morgan fingerprint density at radius 1 is 1.26 bits per heavy atom. The zero-order valence-corrected chi connectivity index (χ0v) is 15.3. The van der Waals surface area contributed by atoms with Gasteiger partial charge in [-0.05, 0) is 17.7 Å². The molecule has 0 aliphatic carbocycles. The molecular weight excluding hydrogens is 354 g/mol. The van der Waals surface area contributed by atoms with E-state index < -0.39 is 29.5 Å². The number of amides is 1. The topological polar surface area (TPSA) is 94.5 Å². The Labute approximate surface area is 156 Å². The Balaban J connectivity index is 1.63. The lowest BCUT2D eigenvalue weighted by Gasteiger charge is -2.22. The van der Waals surface area contributed by atoms with Crippen LogP contribution in [0.1, 0.15) is 5.56 Å². The summed E-state index contributed by atoms with van der Waals surface area (Å²) in [5.41, 5.74) is -0.0505. The highest BCUT2D eigenvalue weighted by molar-refractivity contribution is 5.90. The van der Waals surface area contributed by atoms with E-state index in [1.54, 1.807) is 23.1 Å². The van der Waals surface area contributed by atoms with Gasteiger partial charge in [0, 0.05) is 6.54 Å². The summed E-state index contributed by atoms with van der Waals surface area (Å²) in [4.78, 5) is 26.3. The summed E-state index contributed by atoms with van der Waals surface area (Å²) in [5, 5.41) is 9.54. The molecule has 4 atom stereocenters. The zero-order valence-electron chi connectivity index (χ0n) is 15.3. The standard InChI is InChI=1S/C19H21NO7/c1-24-12-6-10(7-13(25-2)16(12)26-3)8-20-9-19-5-4-11(27-19)14(18(22)23)15(19)17(20)21/h4-7,11,14-15H,8-9H2,1-3H3,(H,22,23)/t11-,14?,15?,19-/m0/s1. The van der Waals surface area contributed by atoms with Gasteiger partial charge < -0.3 is 29.0 Å². The van der Waals surface area contributed by atoms with Gasteiger partial charge in [0.1, 0.15) is 11.5 Å². The number of carbonyl (C=O) groups excluding carboxylic acids is 1. The van der Waals surface area contributed by atoms with Crippen LogP contribution in [-0.2, 0) is 20.9 Å². The number of hydrogen-bond acceptors (Lipinski definition) is 6. The number of rotatable bonds is 6. The molecule has 0 aromatic heterocycles. The maximum Gasteiger partial charge on any atom is 0.310 e. The Hall–Kier alpha value is -2.74. The van der Waals surface area contributed by atoms with Crippen LogP contribution in [-0.4, -0.2) is 61.5 Å². The van der Waals surface area contributed by atoms with Crippen LogP contribution in [0.2, 0.25) is 0 Å². The number of carbonyl (C=O) groups is 2. The Bertz CT molecular complexity index is 810. The summed E-state index contributed by atoms with van der Waals surface area (Å²) in [6.45, 7) is 0.617. The van der Waals surface area contributed by atoms with Gasteiger partial charge in [0.2, 0.25) is 11.7 Å². The van der Waals surface area contributed by atoms with Gasteiger partial charge in [0.15, 0.2) is 11.5 Å². The summed E-state index contributed by atoms with van der Waals surface area (Å²) in [5.74, 6) is -1.26. The molecule has 3 aliphatic heterocycles. The van der Waals surface area contributed by atoms with Crippen molar-refractivity contribution >= 4 is 11.9 Å². The highest BCUT2D eigenvalue weighted by Gasteiger charge is 2.66. The first-order valence-corrected chi connectivity index (χ1v) is 8.61. The molecule has 3 heterocycles. The molecule has 2 unspecified atom stereocenters. The molecular formula is C19H21NO7. The van der Waals surface area contributed by atoms with Gasteiger partial charge in [-0.25, -0.2) is 0 Å². The molecule has 1 spiro atoms. The van der Waals surface area contributed by atoms with E-state index in [4.69, 9.17) is 18.9 Å². The monoisotopic (exact) mass is 375 g/mol. The van der Waals surface area contributed by atoms with Crippen molar-refractivity contribution in [2.24, 2.45) is 11.8 Å². The summed E-state index contributed by atoms with van der Waals surface area (Å²) >= 11 is 0. The van der Waals surface area contributed by atoms with Crippen LogP contribution in [0.3, 0.4) is 0 Å². The number of ether oxygens (including phenoxy) is 4. The molecule has 1 aromatic carbocycles. The number of nitrogens with zero attached hydrogens (tertiary/aromatic N) is 1. The second kappa shape index (κ2) is 6.16. The van der Waals surface area contributed by atoms with Crippen LogP contribution >= 0.6 is 0 Å². The van der Waals surface area contributed by atoms with E-state index in [0.717, 1.165) is 5.56 Å². The number of fused-ring (bicyclic) bond motifs is 1. The van der Waals surface area contributed by atoms with E-state index in [0.29, 0.717) is 30.3 Å². The van der Waals surface area contributed by atoms with Crippen molar-refractivity contribution in [1.29, 1.82) is 0 Å². The van der Waals surface area contributed by atoms with Gasteiger partial charge >= 0.3 is 5.97 Å². The summed E-state index contributed by atoms with van der Waals surface area (Å²) in [7, 11) is 4.58. The first kappa shape index (κ1) is 17.7. The SMILES string of the molecule is COc1cc(CN2C[C@]34C=C[C@H](O3)C(C(=O)O)C4C2=O)cc(OC)c1OC. The van der Waals surface area contributed by atoms with Crippen LogP contribution < -0.4 is 14.2 Å². The lowest BCUT2D eigenvalue weighted by molar-refractivity contribution is -0.148. The largest absolute Gasteiger partial charge is 0.493 e. The second-order valence-corrected chi connectivity index (χ2v) is 6.97. The highest BCUT2D eigenvalue weighted by atomic mass is 16.5. The van der Waals surface area contributed by atoms with Gasteiger partial charge in [-0.3, -0.25) is 9.59 Å². The third-order valence-corrected chi connectivity index (χ3v) is 5.56. The van der Waals surface area contributed by atoms with E-state index in [1.807, 2.05) is 6.08 Å². The molecule has 2 bridgehead atoms. The molecule has 0 saturated carbocycles. The summed E-state index contributed by atoms with van der Waals surface area (Å²) in [6.07, 6.45) is 3.07. The fourth-order valence-corrected chi connectivity index (χ4v) is 4.44. The third kappa shape index (κ3) is 2.47. The second-order valence-electron chi connectivity index (χ2n) is 6.97. The lowest BCUT2D eigenvalue weighted by atomic mass is 9.77. The first-order chi connectivity index (χ1) is 12.9. The van der Waals surface area contributed by atoms with E-state index in [1.165, 1.54) is 21.3 Å². The number of likely N-dealkylation sites (tertiary alicyclic amines) is 1. The lowest BCUT2D eigenvalue weighted by Crippen LogP contribution is -2.39. The van der Waals surface area contributed by atoms with Crippen molar-refractivity contribution in [1.82, 2.24) is 4.90 Å². The molecule has 3 aliphatic rings.